The van der Waals surface area contributed by atoms with Crippen molar-refractivity contribution >= 4 is 17.6 Å². The lowest BCUT2D eigenvalue weighted by atomic mass is 9.85. The third-order valence-corrected chi connectivity index (χ3v) is 5.50. The maximum Gasteiger partial charge on any atom is 0.314 e. The lowest BCUT2D eigenvalue weighted by Gasteiger charge is -2.31. The van der Waals surface area contributed by atoms with E-state index in [4.69, 9.17) is 0 Å². The molecule has 7 nitrogen and oxygen atoms in total. The molecule has 3 N–H and O–H groups in total. The smallest absolute Gasteiger partial charge is 0.314 e. The second-order valence-corrected chi connectivity index (χ2v) is 7.48. The van der Waals surface area contributed by atoms with Gasteiger partial charge in [0.25, 0.3) is 0 Å². The summed E-state index contributed by atoms with van der Waals surface area (Å²) < 4.78 is 1.79. The monoisotopic (exact) mass is 348 g/mol. The van der Waals surface area contributed by atoms with Crippen LogP contribution in [-0.2, 0) is 16.6 Å². The van der Waals surface area contributed by atoms with Crippen LogP contribution in [0.5, 0.6) is 0 Å². The Kier molecular flexibility index (Phi) is 5.42. The molecule has 1 heterocycles. The minimum Gasteiger partial charge on any atom is -0.388 e. The van der Waals surface area contributed by atoms with E-state index in [1.165, 1.54) is 12.8 Å². The Bertz CT molecular complexity index is 628. The molecule has 7 heteroatoms. The van der Waals surface area contributed by atoms with Gasteiger partial charge in [0.1, 0.15) is 0 Å². The van der Waals surface area contributed by atoms with Crippen molar-refractivity contribution in [1.29, 1.82) is 0 Å². The number of aryl methyl sites for hydroxylation is 1. The average molecular weight is 348 g/mol. The summed E-state index contributed by atoms with van der Waals surface area (Å²) in [6.45, 7) is 0.120. The van der Waals surface area contributed by atoms with E-state index in [0.29, 0.717) is 24.6 Å². The quantitative estimate of drug-likeness (QED) is 0.723. The first-order valence-corrected chi connectivity index (χ1v) is 9.32. The lowest BCUT2D eigenvalue weighted by molar-refractivity contribution is -0.137. The Morgan fingerprint density at radius 3 is 2.56 bits per heavy atom. The highest BCUT2D eigenvalue weighted by atomic mass is 16.3. The fourth-order valence-corrected chi connectivity index (χ4v) is 4.03. The normalized spacial score (nSPS) is 20.4. The maximum absolute atomic E-state index is 12.1. The van der Waals surface area contributed by atoms with Crippen LogP contribution in [0.15, 0.2) is 6.07 Å². The molecule has 0 radical (unpaired) electrons. The lowest BCUT2D eigenvalue weighted by Crippen LogP contribution is -2.47. The summed E-state index contributed by atoms with van der Waals surface area (Å²) in [6.07, 6.45) is 9.09. The molecular formula is C18H28N4O3. The standard InChI is InChI=1S/C18H28N4O3/c1-22-14(13-7-3-4-8-13)11-15(21-22)20-17(24)16(23)19-12-18(25)9-5-2-6-10-18/h11,13,25H,2-10,12H2,1H3,(H,19,23)(H,20,21,24). The number of hydrogen-bond donors (Lipinski definition) is 3. The zero-order valence-electron chi connectivity index (χ0n) is 14.9. The van der Waals surface area contributed by atoms with Crippen molar-refractivity contribution in [2.24, 2.45) is 7.05 Å². The summed E-state index contributed by atoms with van der Waals surface area (Å²) in [6, 6.07) is 1.86. The zero-order valence-corrected chi connectivity index (χ0v) is 14.9. The van der Waals surface area contributed by atoms with Crippen LogP contribution in [0.2, 0.25) is 0 Å². The summed E-state index contributed by atoms with van der Waals surface area (Å²) in [7, 11) is 1.86. The van der Waals surface area contributed by atoms with Crippen molar-refractivity contribution in [3.8, 4) is 0 Å². The van der Waals surface area contributed by atoms with Crippen LogP contribution in [0, 0.1) is 0 Å². The molecular weight excluding hydrogens is 320 g/mol. The summed E-state index contributed by atoms with van der Waals surface area (Å²) >= 11 is 0. The van der Waals surface area contributed by atoms with Crippen molar-refractivity contribution in [2.75, 3.05) is 11.9 Å². The molecule has 2 amide bonds. The number of carbonyl (C=O) groups excluding carboxylic acids is 2. The van der Waals surface area contributed by atoms with Gasteiger partial charge < -0.3 is 15.7 Å². The number of aromatic nitrogens is 2. The highest BCUT2D eigenvalue weighted by molar-refractivity contribution is 6.39. The molecule has 2 aliphatic carbocycles. The van der Waals surface area contributed by atoms with Crippen LogP contribution in [0.25, 0.3) is 0 Å². The van der Waals surface area contributed by atoms with Crippen LogP contribution < -0.4 is 10.6 Å². The molecule has 1 aromatic heterocycles. The first-order chi connectivity index (χ1) is 12.0. The second-order valence-electron chi connectivity index (χ2n) is 7.48. The maximum atomic E-state index is 12.1. The molecule has 0 bridgehead atoms. The van der Waals surface area contributed by atoms with Gasteiger partial charge in [0.15, 0.2) is 5.82 Å². The van der Waals surface area contributed by atoms with Crippen LogP contribution in [0.1, 0.15) is 69.4 Å². The van der Waals surface area contributed by atoms with Gasteiger partial charge >= 0.3 is 11.8 Å². The van der Waals surface area contributed by atoms with Crippen molar-refractivity contribution < 1.29 is 14.7 Å². The zero-order chi connectivity index (χ0) is 17.9. The minimum absolute atomic E-state index is 0.120. The van der Waals surface area contributed by atoms with Gasteiger partial charge in [-0.05, 0) is 25.7 Å². The molecule has 138 valence electrons. The van der Waals surface area contributed by atoms with E-state index in [0.717, 1.165) is 37.8 Å². The number of anilines is 1. The third kappa shape index (κ3) is 4.39. The van der Waals surface area contributed by atoms with Gasteiger partial charge in [-0.25, -0.2) is 0 Å². The molecule has 2 fully saturated rings. The van der Waals surface area contributed by atoms with Crippen molar-refractivity contribution in [3.05, 3.63) is 11.8 Å². The van der Waals surface area contributed by atoms with Gasteiger partial charge in [-0.2, -0.15) is 5.10 Å². The number of nitrogens with zero attached hydrogens (tertiary/aromatic N) is 2. The van der Waals surface area contributed by atoms with Gasteiger partial charge in [0.05, 0.1) is 5.60 Å². The van der Waals surface area contributed by atoms with E-state index >= 15 is 0 Å². The molecule has 2 aliphatic rings. The predicted molar refractivity (Wildman–Crippen MR) is 94.1 cm³/mol. The van der Waals surface area contributed by atoms with Gasteiger partial charge in [0, 0.05) is 31.3 Å². The Morgan fingerprint density at radius 2 is 1.88 bits per heavy atom. The topological polar surface area (TPSA) is 96.2 Å². The number of amides is 2. The Morgan fingerprint density at radius 1 is 1.20 bits per heavy atom. The molecule has 0 spiro atoms. The average Bonchev–Trinajstić information content (AvgIpc) is 3.23. The first-order valence-electron chi connectivity index (χ1n) is 9.32. The Hall–Kier alpha value is -1.89. The van der Waals surface area contributed by atoms with Crippen molar-refractivity contribution in [3.63, 3.8) is 0 Å². The molecule has 25 heavy (non-hydrogen) atoms. The van der Waals surface area contributed by atoms with Crippen LogP contribution in [-0.4, -0.2) is 38.8 Å². The van der Waals surface area contributed by atoms with Crippen LogP contribution >= 0.6 is 0 Å². The summed E-state index contributed by atoms with van der Waals surface area (Å²) in [4.78, 5) is 24.1. The van der Waals surface area contributed by atoms with Crippen LogP contribution in [0.4, 0.5) is 5.82 Å². The highest BCUT2D eigenvalue weighted by Gasteiger charge is 2.30. The highest BCUT2D eigenvalue weighted by Crippen LogP contribution is 2.34. The van der Waals surface area contributed by atoms with E-state index in [2.05, 4.69) is 15.7 Å². The van der Waals surface area contributed by atoms with Gasteiger partial charge in [-0.3, -0.25) is 14.3 Å². The third-order valence-electron chi connectivity index (χ3n) is 5.50. The molecule has 0 saturated heterocycles. The van der Waals surface area contributed by atoms with Gasteiger partial charge in [-0.15, -0.1) is 0 Å². The Labute approximate surface area is 148 Å². The molecule has 1 aromatic rings. The minimum atomic E-state index is -0.880. The van der Waals surface area contributed by atoms with E-state index in [9.17, 15) is 14.7 Å². The largest absolute Gasteiger partial charge is 0.388 e. The van der Waals surface area contributed by atoms with Crippen LogP contribution in [0.3, 0.4) is 0 Å². The van der Waals surface area contributed by atoms with E-state index < -0.39 is 17.4 Å². The van der Waals surface area contributed by atoms with Gasteiger partial charge in [-0.1, -0.05) is 32.1 Å². The van der Waals surface area contributed by atoms with Gasteiger partial charge in [0.2, 0.25) is 0 Å². The molecule has 0 unspecified atom stereocenters. The number of aliphatic hydroxyl groups is 1. The molecule has 0 aliphatic heterocycles. The fourth-order valence-electron chi connectivity index (χ4n) is 4.03. The van der Waals surface area contributed by atoms with Crippen molar-refractivity contribution in [2.45, 2.75) is 69.3 Å². The number of carbonyl (C=O) groups is 2. The summed E-state index contributed by atoms with van der Waals surface area (Å²) in [5, 5.41) is 19.8. The second kappa shape index (κ2) is 7.56. The Balaban J connectivity index is 1.53. The fraction of sp³-hybridized carbons (Fsp3) is 0.722. The predicted octanol–water partition coefficient (Wildman–Crippen LogP) is 1.83. The number of rotatable bonds is 4. The molecule has 0 aromatic carbocycles. The number of hydrogen-bond acceptors (Lipinski definition) is 4. The van der Waals surface area contributed by atoms with E-state index in [-0.39, 0.29) is 6.54 Å². The summed E-state index contributed by atoms with van der Waals surface area (Å²) in [5.41, 5.74) is 0.221. The molecule has 3 rings (SSSR count). The first kappa shape index (κ1) is 17.9. The van der Waals surface area contributed by atoms with E-state index in [1.807, 2.05) is 13.1 Å². The molecule has 2 saturated carbocycles. The number of nitrogens with one attached hydrogen (secondary N) is 2. The van der Waals surface area contributed by atoms with E-state index in [1.54, 1.807) is 4.68 Å². The SMILES string of the molecule is Cn1nc(NC(=O)C(=O)NCC2(O)CCCCC2)cc1C1CCCC1. The molecule has 0 atom stereocenters. The van der Waals surface area contributed by atoms with Crippen molar-refractivity contribution in [1.82, 2.24) is 15.1 Å². The summed E-state index contributed by atoms with van der Waals surface area (Å²) in [5.74, 6) is -0.582.